The minimum Gasteiger partial charge on any atom is -0.452 e. The van der Waals surface area contributed by atoms with E-state index in [0.29, 0.717) is 15.9 Å². The van der Waals surface area contributed by atoms with Crippen LogP contribution in [0.2, 0.25) is 5.02 Å². The number of rotatable bonds is 7. The molecule has 0 bridgehead atoms. The zero-order valence-corrected chi connectivity index (χ0v) is 16.6. The lowest BCUT2D eigenvalue weighted by atomic mass is 10.2. The third kappa shape index (κ3) is 5.20. The summed E-state index contributed by atoms with van der Waals surface area (Å²) in [5.74, 6) is -0.944. The van der Waals surface area contributed by atoms with Gasteiger partial charge in [0.15, 0.2) is 6.10 Å². The minimum atomic E-state index is -0.941. The van der Waals surface area contributed by atoms with E-state index >= 15 is 0 Å². The van der Waals surface area contributed by atoms with Crippen molar-refractivity contribution in [2.45, 2.75) is 32.5 Å². The predicted molar refractivity (Wildman–Crippen MR) is 109 cm³/mol. The van der Waals surface area contributed by atoms with Crippen LogP contribution in [0.4, 0.5) is 0 Å². The van der Waals surface area contributed by atoms with Gasteiger partial charge in [-0.2, -0.15) is 5.10 Å². The molecule has 0 unspecified atom stereocenters. The number of hydrogen-bond acceptors (Lipinski definition) is 5. The van der Waals surface area contributed by atoms with Crippen LogP contribution in [0.3, 0.4) is 0 Å². The summed E-state index contributed by atoms with van der Waals surface area (Å²) in [4.78, 5) is 36.2. The van der Waals surface area contributed by atoms with E-state index in [1.54, 1.807) is 47.1 Å². The van der Waals surface area contributed by atoms with Gasteiger partial charge in [-0.3, -0.25) is 19.1 Å². The number of para-hydroxylation sites is 1. The van der Waals surface area contributed by atoms with E-state index in [9.17, 15) is 14.4 Å². The van der Waals surface area contributed by atoms with Crippen LogP contribution < -0.4 is 10.7 Å². The summed E-state index contributed by atoms with van der Waals surface area (Å²) in [5, 5.41) is 7.85. The first kappa shape index (κ1) is 20.5. The van der Waals surface area contributed by atoms with Gasteiger partial charge in [0.1, 0.15) is 0 Å². The van der Waals surface area contributed by atoms with Crippen LogP contribution in [-0.2, 0) is 27.4 Å². The van der Waals surface area contributed by atoms with E-state index in [2.05, 4.69) is 10.4 Å². The summed E-state index contributed by atoms with van der Waals surface area (Å²) in [5.41, 5.74) is 1.23. The van der Waals surface area contributed by atoms with E-state index in [1.807, 2.05) is 6.07 Å². The van der Waals surface area contributed by atoms with Gasteiger partial charge in [0.05, 0.1) is 24.7 Å². The van der Waals surface area contributed by atoms with E-state index in [-0.39, 0.29) is 24.9 Å². The summed E-state index contributed by atoms with van der Waals surface area (Å²) in [7, 11) is 0. The van der Waals surface area contributed by atoms with Gasteiger partial charge in [0.2, 0.25) is 5.43 Å². The fourth-order valence-electron chi connectivity index (χ4n) is 2.81. The highest BCUT2D eigenvalue weighted by molar-refractivity contribution is 6.31. The number of carbonyl (C=O) groups is 2. The van der Waals surface area contributed by atoms with Crippen molar-refractivity contribution < 1.29 is 14.3 Å². The van der Waals surface area contributed by atoms with E-state index in [4.69, 9.17) is 16.3 Å². The number of halogens is 1. The minimum absolute atomic E-state index is 0.0159. The number of nitrogens with zero attached hydrogens (tertiary/aromatic N) is 2. The molecule has 8 heteroatoms. The van der Waals surface area contributed by atoms with Gasteiger partial charge in [-0.1, -0.05) is 41.9 Å². The Morgan fingerprint density at radius 3 is 2.69 bits per heavy atom. The third-order valence-electron chi connectivity index (χ3n) is 4.38. The summed E-state index contributed by atoms with van der Waals surface area (Å²) in [6, 6.07) is 14.2. The molecule has 0 saturated carbocycles. The molecule has 1 N–H and O–H groups in total. The van der Waals surface area contributed by atoms with Crippen molar-refractivity contribution in [3.05, 3.63) is 75.5 Å². The average molecular weight is 414 g/mol. The molecule has 0 aliphatic heterocycles. The third-order valence-corrected chi connectivity index (χ3v) is 4.75. The van der Waals surface area contributed by atoms with Crippen molar-refractivity contribution >= 4 is 34.4 Å². The normalized spacial score (nSPS) is 11.8. The van der Waals surface area contributed by atoms with Crippen molar-refractivity contribution in [2.75, 3.05) is 0 Å². The smallest absolute Gasteiger partial charge is 0.308 e. The van der Waals surface area contributed by atoms with Crippen LogP contribution >= 0.6 is 11.6 Å². The summed E-state index contributed by atoms with van der Waals surface area (Å²) >= 11 is 6.06. The van der Waals surface area contributed by atoms with Crippen LogP contribution in [0.25, 0.3) is 10.9 Å². The molecule has 1 aromatic heterocycles. The molecular formula is C21H20ClN3O4. The van der Waals surface area contributed by atoms with Gasteiger partial charge < -0.3 is 10.1 Å². The van der Waals surface area contributed by atoms with E-state index in [0.717, 1.165) is 5.56 Å². The second kappa shape index (κ2) is 9.34. The Morgan fingerprint density at radius 1 is 1.17 bits per heavy atom. The predicted octanol–water partition coefficient (Wildman–Crippen LogP) is 2.69. The van der Waals surface area contributed by atoms with Crippen molar-refractivity contribution in [2.24, 2.45) is 0 Å². The Kier molecular flexibility index (Phi) is 6.61. The van der Waals surface area contributed by atoms with Crippen LogP contribution in [0, 0.1) is 0 Å². The number of ether oxygens (including phenoxy) is 1. The number of aryl methyl sites for hydroxylation is 1. The van der Waals surface area contributed by atoms with Gasteiger partial charge in [-0.25, -0.2) is 0 Å². The molecule has 150 valence electrons. The number of aromatic nitrogens is 2. The van der Waals surface area contributed by atoms with E-state index < -0.39 is 18.0 Å². The maximum atomic E-state index is 12.2. The van der Waals surface area contributed by atoms with Crippen molar-refractivity contribution in [3.8, 4) is 0 Å². The van der Waals surface area contributed by atoms with Crippen molar-refractivity contribution in [1.29, 1.82) is 0 Å². The fraction of sp³-hybridized carbons (Fsp3) is 0.238. The molecule has 0 aliphatic rings. The number of esters is 1. The Labute approximate surface area is 172 Å². The molecule has 1 amide bonds. The zero-order chi connectivity index (χ0) is 20.8. The van der Waals surface area contributed by atoms with Crippen LogP contribution in [-0.4, -0.2) is 27.8 Å². The summed E-state index contributed by atoms with van der Waals surface area (Å²) in [6.45, 7) is 1.98. The number of amides is 1. The fourth-order valence-corrected chi connectivity index (χ4v) is 3.02. The first-order valence-electron chi connectivity index (χ1n) is 9.11. The maximum Gasteiger partial charge on any atom is 0.308 e. The molecule has 29 heavy (non-hydrogen) atoms. The molecule has 0 radical (unpaired) electrons. The second-order valence-corrected chi connectivity index (χ2v) is 6.85. The molecule has 0 fully saturated rings. The lowest BCUT2D eigenvalue weighted by Crippen LogP contribution is -2.35. The molecule has 7 nitrogen and oxygen atoms in total. The number of carbonyl (C=O) groups excluding carboxylic acids is 2. The standard InChI is InChI=1S/C21H20ClN3O4/c1-14(21(28)23-12-15-6-2-4-8-17(15)22)29-20(27)10-11-25-18-9-5-3-7-16(18)19(26)13-24-25/h2-9,13-14H,10-12H2,1H3,(H,23,28)/t14-/m0/s1. The largest absolute Gasteiger partial charge is 0.452 e. The SMILES string of the molecule is C[C@H](OC(=O)CCn1ncc(=O)c2ccccc21)C(=O)NCc1ccccc1Cl. The molecule has 1 atom stereocenters. The lowest BCUT2D eigenvalue weighted by Gasteiger charge is -2.14. The van der Waals surface area contributed by atoms with Crippen LogP contribution in [0.15, 0.2) is 59.5 Å². The highest BCUT2D eigenvalue weighted by Gasteiger charge is 2.18. The first-order valence-corrected chi connectivity index (χ1v) is 9.49. The molecule has 2 aromatic carbocycles. The number of hydrogen-bond donors (Lipinski definition) is 1. The zero-order valence-electron chi connectivity index (χ0n) is 15.8. The van der Waals surface area contributed by atoms with Gasteiger partial charge >= 0.3 is 5.97 Å². The van der Waals surface area contributed by atoms with Crippen LogP contribution in [0.1, 0.15) is 18.9 Å². The monoisotopic (exact) mass is 413 g/mol. The topological polar surface area (TPSA) is 90.3 Å². The lowest BCUT2D eigenvalue weighted by molar-refractivity contribution is -0.155. The molecule has 0 spiro atoms. The van der Waals surface area contributed by atoms with Crippen LogP contribution in [0.5, 0.6) is 0 Å². The summed E-state index contributed by atoms with van der Waals surface area (Å²) < 4.78 is 6.77. The average Bonchev–Trinajstić information content (AvgIpc) is 2.72. The van der Waals surface area contributed by atoms with Gasteiger partial charge in [-0.15, -0.1) is 0 Å². The Bertz CT molecular complexity index is 1100. The quantitative estimate of drug-likeness (QED) is 0.601. The second-order valence-electron chi connectivity index (χ2n) is 6.44. The molecule has 0 saturated heterocycles. The number of fused-ring (bicyclic) bond motifs is 1. The molecule has 0 aliphatic carbocycles. The van der Waals surface area contributed by atoms with Gasteiger partial charge in [0, 0.05) is 17.0 Å². The molecule has 3 aromatic rings. The van der Waals surface area contributed by atoms with Crippen molar-refractivity contribution in [1.82, 2.24) is 15.1 Å². The Morgan fingerprint density at radius 2 is 1.90 bits per heavy atom. The van der Waals surface area contributed by atoms with E-state index in [1.165, 1.54) is 13.1 Å². The Balaban J connectivity index is 1.53. The summed E-state index contributed by atoms with van der Waals surface area (Å²) in [6.07, 6.45) is 0.296. The molecule has 3 rings (SSSR count). The van der Waals surface area contributed by atoms with Crippen molar-refractivity contribution in [3.63, 3.8) is 0 Å². The maximum absolute atomic E-state index is 12.2. The van der Waals surface area contributed by atoms with Gasteiger partial charge in [0.25, 0.3) is 5.91 Å². The number of nitrogens with one attached hydrogen (secondary N) is 1. The first-order chi connectivity index (χ1) is 14.0. The molecular weight excluding hydrogens is 394 g/mol. The Hall–Kier alpha value is -3.19. The van der Waals surface area contributed by atoms with Gasteiger partial charge in [-0.05, 0) is 30.7 Å². The number of benzene rings is 2. The highest BCUT2D eigenvalue weighted by Crippen LogP contribution is 2.14. The molecule has 1 heterocycles. The highest BCUT2D eigenvalue weighted by atomic mass is 35.5.